The van der Waals surface area contributed by atoms with Crippen molar-refractivity contribution < 1.29 is 14.3 Å². The van der Waals surface area contributed by atoms with Crippen molar-refractivity contribution in [3.05, 3.63) is 12.7 Å². The van der Waals surface area contributed by atoms with Crippen LogP contribution < -0.4 is 16.0 Å². The molecule has 162 valence electrons. The number of carbonyl (C=O) groups excluding carboxylic acids is 2. The second-order valence-electron chi connectivity index (χ2n) is 7.96. The second kappa shape index (κ2) is 12.8. The Morgan fingerprint density at radius 3 is 2.14 bits per heavy atom. The molecule has 1 rings (SSSR count). The Bertz CT molecular complexity index is 538. The fraction of sp³-hybridized carbons (Fsp3) is 0.737. The van der Waals surface area contributed by atoms with Crippen LogP contribution in [-0.4, -0.2) is 67.7 Å². The van der Waals surface area contributed by atoms with Crippen molar-refractivity contribution in [3.8, 4) is 0 Å². The molecule has 0 aromatic carbocycles. The third-order valence-electron chi connectivity index (χ3n) is 4.07. The highest BCUT2D eigenvalue weighted by Gasteiger charge is 2.25. The number of alkyl carbamates (subject to hydrolysis) is 1. The van der Waals surface area contributed by atoms with Gasteiger partial charge in [-0.2, -0.15) is 0 Å². The standard InChI is InChI=1S/C19H35N5O3.HI/c1-7-12-20-17(21-13-16(25)24(5)6)22-14-8-10-15(11-9-14)23-18(26)27-19(2,3)4;/h7,14-15H,1,8-13H2,2-6H3,(H,23,26)(H2,20,21,22);1H. The fourth-order valence-corrected chi connectivity index (χ4v) is 2.66. The van der Waals surface area contributed by atoms with Gasteiger partial charge in [0.2, 0.25) is 5.91 Å². The van der Waals surface area contributed by atoms with Crippen molar-refractivity contribution in [1.29, 1.82) is 0 Å². The zero-order valence-electron chi connectivity index (χ0n) is 17.7. The summed E-state index contributed by atoms with van der Waals surface area (Å²) < 4.78 is 5.31. The molecule has 3 N–H and O–H groups in total. The molecule has 0 radical (unpaired) electrons. The first kappa shape index (κ1) is 26.5. The van der Waals surface area contributed by atoms with Crippen molar-refractivity contribution >= 4 is 41.9 Å². The van der Waals surface area contributed by atoms with E-state index in [4.69, 9.17) is 4.74 Å². The second-order valence-corrected chi connectivity index (χ2v) is 7.96. The number of nitrogens with zero attached hydrogens (tertiary/aromatic N) is 2. The van der Waals surface area contributed by atoms with Gasteiger partial charge in [0.05, 0.1) is 0 Å². The van der Waals surface area contributed by atoms with Crippen molar-refractivity contribution in [2.75, 3.05) is 27.2 Å². The average molecular weight is 509 g/mol. The van der Waals surface area contributed by atoms with E-state index in [-0.39, 0.29) is 54.6 Å². The zero-order valence-corrected chi connectivity index (χ0v) is 20.0. The van der Waals surface area contributed by atoms with Crippen molar-refractivity contribution in [2.45, 2.75) is 64.1 Å². The smallest absolute Gasteiger partial charge is 0.407 e. The summed E-state index contributed by atoms with van der Waals surface area (Å²) in [7, 11) is 3.42. The van der Waals surface area contributed by atoms with Gasteiger partial charge in [-0.05, 0) is 46.5 Å². The third-order valence-corrected chi connectivity index (χ3v) is 4.07. The first-order chi connectivity index (χ1) is 12.6. The van der Waals surface area contributed by atoms with Gasteiger partial charge in [0, 0.05) is 32.7 Å². The molecular weight excluding hydrogens is 473 g/mol. The maximum Gasteiger partial charge on any atom is 0.407 e. The highest BCUT2D eigenvalue weighted by molar-refractivity contribution is 14.0. The van der Waals surface area contributed by atoms with Crippen molar-refractivity contribution in [1.82, 2.24) is 20.9 Å². The first-order valence-corrected chi connectivity index (χ1v) is 9.46. The monoisotopic (exact) mass is 509 g/mol. The van der Waals surface area contributed by atoms with E-state index in [0.29, 0.717) is 12.5 Å². The number of hydrogen-bond donors (Lipinski definition) is 3. The summed E-state index contributed by atoms with van der Waals surface area (Å²) in [6.45, 7) is 9.91. The van der Waals surface area contributed by atoms with E-state index < -0.39 is 5.60 Å². The Hall–Kier alpha value is -1.52. The van der Waals surface area contributed by atoms with E-state index in [1.165, 1.54) is 4.90 Å². The van der Waals surface area contributed by atoms with Gasteiger partial charge in [-0.3, -0.25) is 4.79 Å². The number of ether oxygens (including phenoxy) is 1. The summed E-state index contributed by atoms with van der Waals surface area (Å²) in [5.41, 5.74) is -0.491. The minimum Gasteiger partial charge on any atom is -0.444 e. The molecule has 0 unspecified atom stereocenters. The molecule has 0 atom stereocenters. The maximum absolute atomic E-state index is 11.9. The van der Waals surface area contributed by atoms with E-state index in [1.54, 1.807) is 20.2 Å². The normalized spacial score (nSPS) is 19.7. The maximum atomic E-state index is 11.9. The Morgan fingerprint density at radius 1 is 1.14 bits per heavy atom. The van der Waals surface area contributed by atoms with Gasteiger partial charge in [-0.25, -0.2) is 9.79 Å². The quantitative estimate of drug-likeness (QED) is 0.221. The number of hydrogen-bond acceptors (Lipinski definition) is 4. The molecule has 28 heavy (non-hydrogen) atoms. The predicted octanol–water partition coefficient (Wildman–Crippen LogP) is 2.25. The first-order valence-electron chi connectivity index (χ1n) is 9.46. The minimum atomic E-state index is -0.491. The molecule has 0 aromatic rings. The summed E-state index contributed by atoms with van der Waals surface area (Å²) in [6, 6.07) is 0.363. The molecule has 2 amide bonds. The lowest BCUT2D eigenvalue weighted by molar-refractivity contribution is -0.127. The zero-order chi connectivity index (χ0) is 20.4. The summed E-state index contributed by atoms with van der Waals surface area (Å²) in [6.07, 6.45) is 4.90. The van der Waals surface area contributed by atoms with Crippen LogP contribution in [0.5, 0.6) is 0 Å². The number of aliphatic imine (C=N–C) groups is 1. The summed E-state index contributed by atoms with van der Waals surface area (Å²) in [5.74, 6) is 0.550. The van der Waals surface area contributed by atoms with Crippen LogP contribution in [0.2, 0.25) is 0 Å². The van der Waals surface area contributed by atoms with Gasteiger partial charge in [0.15, 0.2) is 5.96 Å². The number of halogens is 1. The Balaban J connectivity index is 0.00000729. The number of carbonyl (C=O) groups is 2. The van der Waals surface area contributed by atoms with Gasteiger partial charge in [-0.15, -0.1) is 30.6 Å². The highest BCUT2D eigenvalue weighted by Crippen LogP contribution is 2.19. The van der Waals surface area contributed by atoms with E-state index in [2.05, 4.69) is 27.5 Å². The van der Waals surface area contributed by atoms with Crippen LogP contribution in [0.25, 0.3) is 0 Å². The van der Waals surface area contributed by atoms with Gasteiger partial charge in [0.25, 0.3) is 0 Å². The van der Waals surface area contributed by atoms with Crippen LogP contribution in [0.1, 0.15) is 46.5 Å². The largest absolute Gasteiger partial charge is 0.444 e. The topological polar surface area (TPSA) is 95.1 Å². The highest BCUT2D eigenvalue weighted by atomic mass is 127. The lowest BCUT2D eigenvalue weighted by atomic mass is 9.91. The number of nitrogens with one attached hydrogen (secondary N) is 3. The molecule has 0 saturated heterocycles. The summed E-state index contributed by atoms with van der Waals surface area (Å²) >= 11 is 0. The third kappa shape index (κ3) is 11.4. The van der Waals surface area contributed by atoms with Crippen LogP contribution in [0.15, 0.2) is 17.6 Å². The fourth-order valence-electron chi connectivity index (χ4n) is 2.66. The van der Waals surface area contributed by atoms with Crippen LogP contribution in [-0.2, 0) is 9.53 Å². The average Bonchev–Trinajstić information content (AvgIpc) is 2.56. The van der Waals surface area contributed by atoms with E-state index in [0.717, 1.165) is 25.7 Å². The molecule has 0 spiro atoms. The Labute approximate surface area is 185 Å². The lowest BCUT2D eigenvalue weighted by Crippen LogP contribution is -2.48. The lowest BCUT2D eigenvalue weighted by Gasteiger charge is -2.31. The molecule has 9 heteroatoms. The summed E-state index contributed by atoms with van der Waals surface area (Å²) in [4.78, 5) is 29.5. The Morgan fingerprint density at radius 2 is 1.68 bits per heavy atom. The van der Waals surface area contributed by atoms with Crippen molar-refractivity contribution in [2.24, 2.45) is 4.99 Å². The van der Waals surface area contributed by atoms with Gasteiger partial charge in [-0.1, -0.05) is 6.08 Å². The van der Waals surface area contributed by atoms with Gasteiger partial charge >= 0.3 is 6.09 Å². The van der Waals surface area contributed by atoms with Crippen LogP contribution >= 0.6 is 24.0 Å². The molecular formula is C19H36IN5O3. The number of guanidine groups is 1. The SMILES string of the molecule is C=CCNC(=NCC(=O)N(C)C)NC1CCC(NC(=O)OC(C)(C)C)CC1.I. The molecule has 0 aliphatic heterocycles. The molecule has 1 fully saturated rings. The molecule has 0 heterocycles. The van der Waals surface area contributed by atoms with E-state index >= 15 is 0 Å². The minimum absolute atomic E-state index is 0. The van der Waals surface area contributed by atoms with Crippen LogP contribution in [0.3, 0.4) is 0 Å². The van der Waals surface area contributed by atoms with Gasteiger partial charge in [0.1, 0.15) is 12.1 Å². The number of amides is 2. The molecule has 1 aliphatic carbocycles. The van der Waals surface area contributed by atoms with E-state index in [9.17, 15) is 9.59 Å². The molecule has 1 aliphatic rings. The van der Waals surface area contributed by atoms with E-state index in [1.807, 2.05) is 20.8 Å². The molecule has 1 saturated carbocycles. The van der Waals surface area contributed by atoms with Crippen LogP contribution in [0, 0.1) is 0 Å². The molecule has 0 bridgehead atoms. The number of likely N-dealkylation sites (N-methyl/N-ethyl adjacent to an activating group) is 1. The summed E-state index contributed by atoms with van der Waals surface area (Å²) in [5, 5.41) is 9.45. The predicted molar refractivity (Wildman–Crippen MR) is 123 cm³/mol. The van der Waals surface area contributed by atoms with Crippen molar-refractivity contribution in [3.63, 3.8) is 0 Å². The van der Waals surface area contributed by atoms with Gasteiger partial charge < -0.3 is 25.6 Å². The molecule has 0 aromatic heterocycles. The molecule has 8 nitrogen and oxygen atoms in total. The number of rotatable bonds is 6. The Kier molecular flexibility index (Phi) is 12.1. The van der Waals surface area contributed by atoms with Crippen LogP contribution in [0.4, 0.5) is 4.79 Å².